The van der Waals surface area contributed by atoms with Crippen LogP contribution in [-0.2, 0) is 29.3 Å². The number of hydrogen-bond acceptors (Lipinski definition) is 7. The summed E-state index contributed by atoms with van der Waals surface area (Å²) in [6.07, 6.45) is -3.10. The van der Waals surface area contributed by atoms with Gasteiger partial charge in [0.1, 0.15) is 6.29 Å². The molecule has 1 rings (SSSR count). The number of hydrogen-bond donors (Lipinski definition) is 2. The Morgan fingerprint density at radius 2 is 1.79 bits per heavy atom. The number of anilines is 2. The number of alkyl halides is 3. The van der Waals surface area contributed by atoms with Crippen molar-refractivity contribution in [2.24, 2.45) is 0 Å². The zero-order valence-corrected chi connectivity index (χ0v) is 16.7. The summed E-state index contributed by atoms with van der Waals surface area (Å²) in [7, 11) is -3.49. The first kappa shape index (κ1) is 24.0. The zero-order valence-electron chi connectivity index (χ0n) is 15.8. The summed E-state index contributed by atoms with van der Waals surface area (Å²) in [5, 5.41) is 2.70. The van der Waals surface area contributed by atoms with Crippen molar-refractivity contribution in [2.75, 3.05) is 37.2 Å². The molecule has 0 amide bonds. The Morgan fingerprint density at radius 3 is 2.29 bits per heavy atom. The molecule has 0 heterocycles. The van der Waals surface area contributed by atoms with Crippen LogP contribution in [0.25, 0.3) is 6.08 Å². The molecule has 28 heavy (non-hydrogen) atoms. The third-order valence-corrected chi connectivity index (χ3v) is 5.18. The highest BCUT2D eigenvalue weighted by Crippen LogP contribution is 2.48. The van der Waals surface area contributed by atoms with Crippen molar-refractivity contribution < 1.29 is 36.3 Å². The van der Waals surface area contributed by atoms with Crippen molar-refractivity contribution in [1.29, 1.82) is 0 Å². The molecule has 0 bridgehead atoms. The average molecular weight is 424 g/mol. The molecule has 0 fully saturated rings. The number of nitrogen functional groups attached to an aromatic ring is 1. The number of carbonyl (C=O) groups excluding carboxylic acids is 1. The van der Waals surface area contributed by atoms with Crippen LogP contribution in [-0.4, -0.2) is 32.1 Å². The van der Waals surface area contributed by atoms with Crippen LogP contribution in [0.3, 0.4) is 0 Å². The van der Waals surface area contributed by atoms with Crippen molar-refractivity contribution in [3.8, 4) is 0 Å². The third-order valence-electron chi connectivity index (χ3n) is 3.33. The molecule has 0 saturated heterocycles. The maximum Gasteiger partial charge on any atom is 0.417 e. The van der Waals surface area contributed by atoms with Gasteiger partial charge in [-0.3, -0.25) is 4.57 Å². The summed E-state index contributed by atoms with van der Waals surface area (Å²) < 4.78 is 67.3. The third kappa shape index (κ3) is 7.18. The smallest absolute Gasteiger partial charge is 0.417 e. The number of ether oxygens (including phenoxy) is 1. The highest BCUT2D eigenvalue weighted by molar-refractivity contribution is 7.53. The Morgan fingerprint density at radius 1 is 1.18 bits per heavy atom. The van der Waals surface area contributed by atoms with E-state index in [0.29, 0.717) is 0 Å². The molecule has 0 aliphatic heterocycles. The SMILES string of the molecule is CCOC(=O)C=Cc1cc(NCP(=O)(OCC)OCC)c(N)cc1C(F)(F)F. The van der Waals surface area contributed by atoms with Crippen LogP contribution in [0.2, 0.25) is 0 Å². The molecule has 158 valence electrons. The van der Waals surface area contributed by atoms with E-state index in [-0.39, 0.29) is 43.0 Å². The number of carbonyl (C=O) groups is 1. The van der Waals surface area contributed by atoms with E-state index in [4.69, 9.17) is 14.8 Å². The molecule has 0 aliphatic rings. The number of halogens is 3. The first-order chi connectivity index (χ1) is 13.1. The molecule has 0 saturated carbocycles. The predicted molar refractivity (Wildman–Crippen MR) is 101 cm³/mol. The second kappa shape index (κ2) is 10.5. The van der Waals surface area contributed by atoms with Crippen LogP contribution < -0.4 is 11.1 Å². The standard InChI is InChI=1S/C17H24F3N2O5P/c1-4-25-16(23)8-7-12-9-15(14(21)10-13(12)17(18,19)20)22-11-28(24,26-5-2)27-6-3/h7-10,22H,4-6,11,21H2,1-3H3. The van der Waals surface area contributed by atoms with Gasteiger partial charge in [-0.25, -0.2) is 4.79 Å². The average Bonchev–Trinajstić information content (AvgIpc) is 2.59. The van der Waals surface area contributed by atoms with Gasteiger partial charge in [0.2, 0.25) is 0 Å². The fourth-order valence-electron chi connectivity index (χ4n) is 2.22. The van der Waals surface area contributed by atoms with Crippen LogP contribution in [0.1, 0.15) is 31.9 Å². The zero-order chi connectivity index (χ0) is 21.4. The highest BCUT2D eigenvalue weighted by atomic mass is 31.2. The van der Waals surface area contributed by atoms with Crippen molar-refractivity contribution in [3.05, 3.63) is 29.3 Å². The Balaban J connectivity index is 3.21. The van der Waals surface area contributed by atoms with Crippen LogP contribution in [0.5, 0.6) is 0 Å². The lowest BCUT2D eigenvalue weighted by Crippen LogP contribution is -2.13. The molecular weight excluding hydrogens is 400 g/mol. The van der Waals surface area contributed by atoms with E-state index in [2.05, 4.69) is 10.1 Å². The van der Waals surface area contributed by atoms with Crippen LogP contribution in [0, 0.1) is 0 Å². The van der Waals surface area contributed by atoms with E-state index in [1.807, 2.05) is 0 Å². The molecule has 1 aromatic carbocycles. The monoisotopic (exact) mass is 424 g/mol. The molecule has 3 N–H and O–H groups in total. The van der Waals surface area contributed by atoms with E-state index in [0.717, 1.165) is 24.3 Å². The molecule has 0 radical (unpaired) electrons. The number of benzene rings is 1. The molecule has 0 aromatic heterocycles. The Labute approximate surface area is 161 Å². The topological polar surface area (TPSA) is 99.9 Å². The minimum Gasteiger partial charge on any atom is -0.463 e. The van der Waals surface area contributed by atoms with Gasteiger partial charge in [0, 0.05) is 6.08 Å². The lowest BCUT2D eigenvalue weighted by molar-refractivity contribution is -0.138. The Kier molecular flexibility index (Phi) is 9.00. The van der Waals surface area contributed by atoms with Crippen LogP contribution in [0.4, 0.5) is 24.5 Å². The van der Waals surface area contributed by atoms with Gasteiger partial charge in [-0.2, -0.15) is 13.2 Å². The summed E-state index contributed by atoms with van der Waals surface area (Å²) in [6, 6.07) is 1.84. The summed E-state index contributed by atoms with van der Waals surface area (Å²) in [6.45, 7) is 5.21. The first-order valence-electron chi connectivity index (χ1n) is 8.53. The molecule has 0 aliphatic carbocycles. The Hall–Kier alpha value is -2.03. The van der Waals surface area contributed by atoms with Crippen molar-refractivity contribution in [1.82, 2.24) is 0 Å². The first-order valence-corrected chi connectivity index (χ1v) is 10.3. The van der Waals surface area contributed by atoms with Crippen LogP contribution in [0.15, 0.2) is 18.2 Å². The Bertz CT molecular complexity index is 743. The maximum absolute atomic E-state index is 13.3. The van der Waals surface area contributed by atoms with Gasteiger partial charge >= 0.3 is 19.7 Å². The van der Waals surface area contributed by atoms with E-state index in [1.54, 1.807) is 20.8 Å². The van der Waals surface area contributed by atoms with Gasteiger partial charge < -0.3 is 24.8 Å². The van der Waals surface area contributed by atoms with E-state index < -0.39 is 25.3 Å². The minimum atomic E-state index is -4.69. The predicted octanol–water partition coefficient (Wildman–Crippen LogP) is 4.50. The van der Waals surface area contributed by atoms with E-state index in [9.17, 15) is 22.5 Å². The van der Waals surface area contributed by atoms with E-state index in [1.165, 1.54) is 0 Å². The largest absolute Gasteiger partial charge is 0.463 e. The van der Waals surface area contributed by atoms with Gasteiger partial charge in [-0.05, 0) is 44.5 Å². The number of rotatable bonds is 10. The number of nitrogens with two attached hydrogens (primary N) is 1. The quantitative estimate of drug-likeness (QED) is 0.247. The van der Waals surface area contributed by atoms with Gasteiger partial charge in [-0.15, -0.1) is 0 Å². The summed E-state index contributed by atoms with van der Waals surface area (Å²) in [4.78, 5) is 11.4. The van der Waals surface area contributed by atoms with Crippen LogP contribution >= 0.6 is 7.60 Å². The normalized spacial score (nSPS) is 12.4. The van der Waals surface area contributed by atoms with Crippen molar-refractivity contribution >= 4 is 31.0 Å². The van der Waals surface area contributed by atoms with Gasteiger partial charge in [0.15, 0.2) is 0 Å². The summed E-state index contributed by atoms with van der Waals surface area (Å²) in [5.41, 5.74) is 4.28. The summed E-state index contributed by atoms with van der Waals surface area (Å²) in [5.74, 6) is -0.779. The van der Waals surface area contributed by atoms with E-state index >= 15 is 0 Å². The highest BCUT2D eigenvalue weighted by Gasteiger charge is 2.34. The lowest BCUT2D eigenvalue weighted by atomic mass is 10.0. The second-order valence-electron chi connectivity index (χ2n) is 5.39. The molecule has 7 nitrogen and oxygen atoms in total. The number of esters is 1. The van der Waals surface area contributed by atoms with Gasteiger partial charge in [0.05, 0.1) is 36.8 Å². The van der Waals surface area contributed by atoms with Crippen molar-refractivity contribution in [2.45, 2.75) is 26.9 Å². The second-order valence-corrected chi connectivity index (χ2v) is 7.45. The van der Waals surface area contributed by atoms with Crippen molar-refractivity contribution in [3.63, 3.8) is 0 Å². The maximum atomic E-state index is 13.3. The summed E-state index contributed by atoms with van der Waals surface area (Å²) >= 11 is 0. The fourth-order valence-corrected chi connectivity index (χ4v) is 3.63. The fraction of sp³-hybridized carbons (Fsp3) is 0.471. The number of nitrogens with one attached hydrogen (secondary N) is 1. The minimum absolute atomic E-state index is 0.0913. The van der Waals surface area contributed by atoms with Gasteiger partial charge in [-0.1, -0.05) is 0 Å². The molecule has 11 heteroatoms. The molecular formula is C17H24F3N2O5P. The van der Waals surface area contributed by atoms with Gasteiger partial charge in [0.25, 0.3) is 0 Å². The molecule has 0 unspecified atom stereocenters. The molecule has 0 spiro atoms. The lowest BCUT2D eigenvalue weighted by Gasteiger charge is -2.20. The molecule has 1 aromatic rings. The molecule has 0 atom stereocenters.